The van der Waals surface area contributed by atoms with Gasteiger partial charge >= 0.3 is 11.7 Å². The van der Waals surface area contributed by atoms with Crippen molar-refractivity contribution in [3.63, 3.8) is 0 Å². The third-order valence-electron chi connectivity index (χ3n) is 3.21. The second kappa shape index (κ2) is 6.38. The Morgan fingerprint density at radius 3 is 2.50 bits per heavy atom. The molecule has 22 heavy (non-hydrogen) atoms. The van der Waals surface area contributed by atoms with Crippen molar-refractivity contribution >= 4 is 6.03 Å². The number of nitrogens with one attached hydrogen (secondary N) is 2. The first kappa shape index (κ1) is 15.7. The summed E-state index contributed by atoms with van der Waals surface area (Å²) in [6.45, 7) is 4.34. The van der Waals surface area contributed by atoms with Crippen molar-refractivity contribution in [1.29, 1.82) is 0 Å². The van der Waals surface area contributed by atoms with Gasteiger partial charge in [-0.1, -0.05) is 38.1 Å². The van der Waals surface area contributed by atoms with Crippen molar-refractivity contribution in [3.8, 4) is 0 Å². The molecule has 2 N–H and O–H groups in total. The van der Waals surface area contributed by atoms with Crippen LogP contribution in [-0.2, 0) is 6.54 Å². The summed E-state index contributed by atoms with van der Waals surface area (Å²) >= 11 is 0. The number of aromatic amines is 1. The first-order chi connectivity index (χ1) is 10.4. The highest BCUT2D eigenvalue weighted by molar-refractivity contribution is 5.76. The molecule has 7 heteroatoms. The average Bonchev–Trinajstić information content (AvgIpc) is 2.49. The number of hydrogen-bond acceptors (Lipinski definition) is 3. The Hall–Kier alpha value is -2.70. The molecule has 0 fully saturated rings. The molecule has 2 rings (SSSR count). The van der Waals surface area contributed by atoms with E-state index in [0.29, 0.717) is 16.7 Å². The Morgan fingerprint density at radius 2 is 1.91 bits per heavy atom. The molecular formula is C15H16FN3O3. The largest absolute Gasteiger partial charge is 0.336 e. The highest BCUT2D eigenvalue weighted by Gasteiger charge is 2.10. The zero-order valence-electron chi connectivity index (χ0n) is 12.2. The van der Waals surface area contributed by atoms with E-state index in [1.165, 1.54) is 5.56 Å². The zero-order chi connectivity index (χ0) is 16.3. The van der Waals surface area contributed by atoms with Gasteiger partial charge in [-0.05, 0) is 17.0 Å². The van der Waals surface area contributed by atoms with E-state index in [1.54, 1.807) is 4.98 Å². The lowest BCUT2D eigenvalue weighted by atomic mass is 10.0. The monoisotopic (exact) mass is 305 g/mol. The molecule has 0 spiro atoms. The molecule has 0 aliphatic heterocycles. The quantitative estimate of drug-likeness (QED) is 0.902. The van der Waals surface area contributed by atoms with Crippen LogP contribution in [0.15, 0.2) is 40.1 Å². The Balaban J connectivity index is 2.08. The van der Waals surface area contributed by atoms with Crippen LogP contribution in [0, 0.1) is 5.82 Å². The smallest absolute Gasteiger partial charge is 0.333 e. The van der Waals surface area contributed by atoms with Crippen molar-refractivity contribution in [3.05, 3.63) is 68.2 Å². The van der Waals surface area contributed by atoms with Gasteiger partial charge in [-0.2, -0.15) is 4.39 Å². The molecule has 0 bridgehead atoms. The molecule has 0 saturated carbocycles. The predicted octanol–water partition coefficient (Wildman–Crippen LogP) is 1.56. The van der Waals surface area contributed by atoms with E-state index < -0.39 is 23.1 Å². The van der Waals surface area contributed by atoms with E-state index in [9.17, 15) is 18.8 Å². The molecule has 0 aliphatic rings. The van der Waals surface area contributed by atoms with Crippen LogP contribution in [0.2, 0.25) is 0 Å². The topological polar surface area (TPSA) is 84.0 Å². The van der Waals surface area contributed by atoms with Crippen LogP contribution in [0.3, 0.4) is 0 Å². The van der Waals surface area contributed by atoms with Gasteiger partial charge in [0.2, 0.25) is 5.82 Å². The van der Waals surface area contributed by atoms with Crippen LogP contribution < -0.4 is 16.6 Å². The Bertz CT molecular complexity index is 791. The molecule has 0 saturated heterocycles. The lowest BCUT2D eigenvalue weighted by Gasteiger charge is -2.09. The lowest BCUT2D eigenvalue weighted by Crippen LogP contribution is -2.40. The fourth-order valence-corrected chi connectivity index (χ4v) is 1.88. The summed E-state index contributed by atoms with van der Waals surface area (Å²) in [5.41, 5.74) is -0.123. The molecule has 6 nitrogen and oxygen atoms in total. The molecule has 116 valence electrons. The van der Waals surface area contributed by atoms with Crippen molar-refractivity contribution in [2.24, 2.45) is 0 Å². The fourth-order valence-electron chi connectivity index (χ4n) is 1.88. The standard InChI is InChI=1S/C15H16FN3O3/c1-9(2)11-5-3-10(4-6-11)7-17-14(21)19-8-12(16)13(20)18-15(19)22/h3-6,8-9H,7H2,1-2H3,(H,17,21)(H,18,20,22). The van der Waals surface area contributed by atoms with Crippen molar-refractivity contribution in [2.75, 3.05) is 0 Å². The molecular weight excluding hydrogens is 289 g/mol. The van der Waals surface area contributed by atoms with E-state index in [1.807, 2.05) is 24.3 Å². The Labute approximate surface area is 125 Å². The zero-order valence-corrected chi connectivity index (χ0v) is 12.2. The summed E-state index contributed by atoms with van der Waals surface area (Å²) in [5.74, 6) is -0.789. The lowest BCUT2D eigenvalue weighted by molar-refractivity contribution is 0.240. The number of hydrogen-bond donors (Lipinski definition) is 2. The van der Waals surface area contributed by atoms with E-state index >= 15 is 0 Å². The Morgan fingerprint density at radius 1 is 1.27 bits per heavy atom. The number of halogens is 1. The molecule has 0 radical (unpaired) electrons. The summed E-state index contributed by atoms with van der Waals surface area (Å²) in [6, 6.07) is 6.83. The maximum absolute atomic E-state index is 13.1. The first-order valence-corrected chi connectivity index (χ1v) is 6.77. The van der Waals surface area contributed by atoms with Gasteiger partial charge in [-0.15, -0.1) is 0 Å². The van der Waals surface area contributed by atoms with Crippen LogP contribution in [0.5, 0.6) is 0 Å². The minimum atomic E-state index is -1.20. The summed E-state index contributed by atoms with van der Waals surface area (Å²) in [5, 5.41) is 2.49. The second-order valence-electron chi connectivity index (χ2n) is 5.16. The maximum atomic E-state index is 13.1. The fraction of sp³-hybridized carbons (Fsp3) is 0.267. The molecule has 1 amide bonds. The highest BCUT2D eigenvalue weighted by Crippen LogP contribution is 2.14. The highest BCUT2D eigenvalue weighted by atomic mass is 19.1. The van der Waals surface area contributed by atoms with Crippen LogP contribution in [0.25, 0.3) is 0 Å². The van der Waals surface area contributed by atoms with Crippen LogP contribution in [0.1, 0.15) is 30.9 Å². The molecule has 1 heterocycles. The minimum Gasteiger partial charge on any atom is -0.333 e. The van der Waals surface area contributed by atoms with Gasteiger partial charge in [-0.3, -0.25) is 9.78 Å². The molecule has 1 aromatic carbocycles. The van der Waals surface area contributed by atoms with E-state index in [2.05, 4.69) is 19.2 Å². The second-order valence-corrected chi connectivity index (χ2v) is 5.16. The van der Waals surface area contributed by atoms with E-state index in [-0.39, 0.29) is 6.54 Å². The van der Waals surface area contributed by atoms with E-state index in [0.717, 1.165) is 5.56 Å². The van der Waals surface area contributed by atoms with Crippen LogP contribution in [0.4, 0.5) is 9.18 Å². The number of H-pyrrole nitrogens is 1. The van der Waals surface area contributed by atoms with Gasteiger partial charge in [0, 0.05) is 6.54 Å². The molecule has 0 atom stereocenters. The SMILES string of the molecule is CC(C)c1ccc(CNC(=O)n2cc(F)c(=O)[nH]c2=O)cc1. The number of aromatic nitrogens is 2. The minimum absolute atomic E-state index is 0.185. The normalized spacial score (nSPS) is 10.7. The van der Waals surface area contributed by atoms with E-state index in [4.69, 9.17) is 0 Å². The molecule has 2 aromatic rings. The molecule has 0 aliphatic carbocycles. The van der Waals surface area contributed by atoms with Crippen molar-refractivity contribution < 1.29 is 9.18 Å². The number of carbonyl (C=O) groups is 1. The van der Waals surface area contributed by atoms with Crippen LogP contribution >= 0.6 is 0 Å². The average molecular weight is 305 g/mol. The van der Waals surface area contributed by atoms with Crippen molar-refractivity contribution in [2.45, 2.75) is 26.3 Å². The number of carbonyl (C=O) groups excluding carboxylic acids is 1. The summed E-state index contributed by atoms with van der Waals surface area (Å²) in [7, 11) is 0. The van der Waals surface area contributed by atoms with Gasteiger partial charge in [0.05, 0.1) is 6.20 Å². The predicted molar refractivity (Wildman–Crippen MR) is 79.4 cm³/mol. The number of benzene rings is 1. The first-order valence-electron chi connectivity index (χ1n) is 6.77. The third-order valence-corrected chi connectivity index (χ3v) is 3.21. The number of nitrogens with zero attached hydrogens (tertiary/aromatic N) is 1. The summed E-state index contributed by atoms with van der Waals surface area (Å²) < 4.78 is 13.6. The third kappa shape index (κ3) is 3.49. The molecule has 0 unspecified atom stereocenters. The Kier molecular flexibility index (Phi) is 4.55. The van der Waals surface area contributed by atoms with Gasteiger partial charge in [0.1, 0.15) is 0 Å². The van der Waals surface area contributed by atoms with Crippen molar-refractivity contribution in [1.82, 2.24) is 14.9 Å². The number of amides is 1. The maximum Gasteiger partial charge on any atom is 0.336 e. The summed E-state index contributed by atoms with van der Waals surface area (Å²) in [6.07, 6.45) is 0.568. The summed E-state index contributed by atoms with van der Waals surface area (Å²) in [4.78, 5) is 35.9. The van der Waals surface area contributed by atoms with Gasteiger partial charge in [-0.25, -0.2) is 14.2 Å². The number of rotatable bonds is 3. The van der Waals surface area contributed by atoms with Gasteiger partial charge in [0.25, 0.3) is 5.56 Å². The van der Waals surface area contributed by atoms with Gasteiger partial charge in [0.15, 0.2) is 0 Å². The van der Waals surface area contributed by atoms with Gasteiger partial charge < -0.3 is 5.32 Å². The molecule has 1 aromatic heterocycles. The van der Waals surface area contributed by atoms with Crippen LogP contribution in [-0.4, -0.2) is 15.6 Å².